The average Bonchev–Trinajstić information content (AvgIpc) is 3.30. The molecular weight excluding hydrogens is 438 g/mol. The van der Waals surface area contributed by atoms with Gasteiger partial charge in [0.05, 0.1) is 23.2 Å². The van der Waals surface area contributed by atoms with E-state index < -0.39 is 9.84 Å². The summed E-state index contributed by atoms with van der Waals surface area (Å²) in [4.78, 5) is 12.6. The molecular formula is C22H22ClN3O4S. The molecule has 1 fully saturated rings. The Kier molecular flexibility index (Phi) is 6.02. The van der Waals surface area contributed by atoms with Gasteiger partial charge in [0.15, 0.2) is 16.4 Å². The number of amides is 1. The summed E-state index contributed by atoms with van der Waals surface area (Å²) in [6.07, 6.45) is 0.451. The molecule has 0 bridgehead atoms. The van der Waals surface area contributed by atoms with Crippen LogP contribution >= 0.6 is 11.6 Å². The predicted molar refractivity (Wildman–Crippen MR) is 120 cm³/mol. The van der Waals surface area contributed by atoms with Crippen LogP contribution in [0, 0.1) is 6.92 Å². The van der Waals surface area contributed by atoms with E-state index in [0.717, 1.165) is 11.1 Å². The minimum absolute atomic E-state index is 0.00266. The van der Waals surface area contributed by atoms with Crippen molar-refractivity contribution in [2.45, 2.75) is 19.4 Å². The van der Waals surface area contributed by atoms with Crippen LogP contribution in [0.3, 0.4) is 0 Å². The van der Waals surface area contributed by atoms with Crippen molar-refractivity contribution in [3.8, 4) is 17.0 Å². The van der Waals surface area contributed by atoms with Crippen LogP contribution in [0.4, 0.5) is 5.82 Å². The van der Waals surface area contributed by atoms with Gasteiger partial charge in [0, 0.05) is 16.7 Å². The molecule has 0 spiro atoms. The number of rotatable bonds is 6. The highest BCUT2D eigenvalue weighted by Gasteiger charge is 2.31. The van der Waals surface area contributed by atoms with E-state index in [1.165, 1.54) is 0 Å². The average molecular weight is 460 g/mol. The zero-order valence-corrected chi connectivity index (χ0v) is 18.5. The number of hydrogen-bond acceptors (Lipinski definition) is 5. The summed E-state index contributed by atoms with van der Waals surface area (Å²) in [7, 11) is -3.12. The Morgan fingerprint density at radius 2 is 1.97 bits per heavy atom. The molecule has 1 aliphatic heterocycles. The predicted octanol–water partition coefficient (Wildman–Crippen LogP) is 3.89. The molecule has 1 atom stereocenters. The van der Waals surface area contributed by atoms with Crippen LogP contribution in [-0.4, -0.2) is 42.2 Å². The van der Waals surface area contributed by atoms with Crippen LogP contribution in [0.25, 0.3) is 11.3 Å². The van der Waals surface area contributed by atoms with Gasteiger partial charge in [-0.05, 0) is 37.1 Å². The molecule has 0 saturated carbocycles. The number of aromatic nitrogens is 2. The third kappa shape index (κ3) is 5.08. The van der Waals surface area contributed by atoms with E-state index in [-0.39, 0.29) is 30.1 Å². The summed E-state index contributed by atoms with van der Waals surface area (Å²) in [5, 5.41) is 8.02. The molecule has 1 aliphatic rings. The first kappa shape index (κ1) is 21.4. The van der Waals surface area contributed by atoms with Crippen molar-refractivity contribution in [3.63, 3.8) is 0 Å². The zero-order chi connectivity index (χ0) is 22.0. The number of carbonyl (C=O) groups is 1. The first-order valence-electron chi connectivity index (χ1n) is 9.85. The van der Waals surface area contributed by atoms with Gasteiger partial charge in [-0.3, -0.25) is 4.79 Å². The van der Waals surface area contributed by atoms with E-state index in [1.807, 2.05) is 37.3 Å². The summed E-state index contributed by atoms with van der Waals surface area (Å²) < 4.78 is 31.2. The van der Waals surface area contributed by atoms with Crippen molar-refractivity contribution in [1.82, 2.24) is 9.78 Å². The van der Waals surface area contributed by atoms with E-state index in [2.05, 4.69) is 10.4 Å². The molecule has 0 aliphatic carbocycles. The lowest BCUT2D eigenvalue weighted by molar-refractivity contribution is -0.118. The van der Waals surface area contributed by atoms with Gasteiger partial charge in [-0.1, -0.05) is 41.9 Å². The number of hydrogen-bond donors (Lipinski definition) is 1. The Balaban J connectivity index is 1.56. The molecule has 0 unspecified atom stereocenters. The lowest BCUT2D eigenvalue weighted by Crippen LogP contribution is -2.24. The van der Waals surface area contributed by atoms with Gasteiger partial charge in [-0.15, -0.1) is 0 Å². The largest absolute Gasteiger partial charge is 0.483 e. The molecule has 1 saturated heterocycles. The van der Waals surface area contributed by atoms with E-state index in [9.17, 15) is 13.2 Å². The third-order valence-electron chi connectivity index (χ3n) is 5.15. The number of para-hydroxylation sites is 1. The number of carbonyl (C=O) groups excluding carboxylic acids is 1. The monoisotopic (exact) mass is 459 g/mol. The van der Waals surface area contributed by atoms with Crippen molar-refractivity contribution in [2.24, 2.45) is 0 Å². The Hall–Kier alpha value is -2.84. The molecule has 4 rings (SSSR count). The van der Waals surface area contributed by atoms with E-state index >= 15 is 0 Å². The van der Waals surface area contributed by atoms with Crippen LogP contribution in [0.5, 0.6) is 5.75 Å². The number of nitrogens with zero attached hydrogens (tertiary/aromatic N) is 2. The maximum atomic E-state index is 12.6. The summed E-state index contributed by atoms with van der Waals surface area (Å²) in [6.45, 7) is 1.73. The maximum absolute atomic E-state index is 12.6. The second-order valence-electron chi connectivity index (χ2n) is 7.53. The molecule has 7 nitrogen and oxygen atoms in total. The lowest BCUT2D eigenvalue weighted by atomic mass is 10.1. The highest BCUT2D eigenvalue weighted by molar-refractivity contribution is 7.91. The van der Waals surface area contributed by atoms with E-state index in [4.69, 9.17) is 16.3 Å². The van der Waals surface area contributed by atoms with E-state index in [1.54, 1.807) is 28.9 Å². The quantitative estimate of drug-likeness (QED) is 0.604. The van der Waals surface area contributed by atoms with Gasteiger partial charge >= 0.3 is 0 Å². The first-order valence-corrected chi connectivity index (χ1v) is 12.0. The SMILES string of the molecule is Cc1ccccc1OCC(=O)Nc1cc(-c2ccc(Cl)cc2)nn1[C@@H]1CCS(=O)(=O)C1. The normalized spacial score (nSPS) is 17.4. The number of ether oxygens (including phenoxy) is 1. The summed E-state index contributed by atoms with van der Waals surface area (Å²) >= 11 is 5.97. The van der Waals surface area contributed by atoms with Crippen molar-refractivity contribution in [2.75, 3.05) is 23.4 Å². The van der Waals surface area contributed by atoms with Gasteiger partial charge < -0.3 is 10.1 Å². The fourth-order valence-corrected chi connectivity index (χ4v) is 5.35. The highest BCUT2D eigenvalue weighted by Crippen LogP contribution is 2.30. The van der Waals surface area contributed by atoms with Gasteiger partial charge in [0.2, 0.25) is 0 Å². The molecule has 2 heterocycles. The third-order valence-corrected chi connectivity index (χ3v) is 7.15. The van der Waals surface area contributed by atoms with Gasteiger partial charge in [0.1, 0.15) is 11.6 Å². The van der Waals surface area contributed by atoms with Crippen LogP contribution in [0.2, 0.25) is 5.02 Å². The lowest BCUT2D eigenvalue weighted by Gasteiger charge is -2.14. The van der Waals surface area contributed by atoms with Crippen molar-refractivity contribution >= 4 is 33.2 Å². The second kappa shape index (κ2) is 8.72. The number of aryl methyl sites for hydroxylation is 1. The smallest absolute Gasteiger partial charge is 0.263 e. The standard InChI is InChI=1S/C22H22ClN3O4S/c1-15-4-2-3-5-20(15)30-13-22(27)24-21-12-19(16-6-8-17(23)9-7-16)25-26(21)18-10-11-31(28,29)14-18/h2-9,12,18H,10-11,13-14H2,1H3,(H,24,27)/t18-/m1/s1. The molecule has 1 N–H and O–H groups in total. The van der Waals surface area contributed by atoms with Gasteiger partial charge in [-0.25, -0.2) is 13.1 Å². The number of sulfone groups is 1. The fraction of sp³-hybridized carbons (Fsp3) is 0.273. The van der Waals surface area contributed by atoms with Gasteiger partial charge in [-0.2, -0.15) is 5.10 Å². The number of anilines is 1. The number of halogens is 1. The minimum Gasteiger partial charge on any atom is -0.483 e. The molecule has 2 aromatic carbocycles. The summed E-state index contributed by atoms with van der Waals surface area (Å²) in [6, 6.07) is 16.0. The number of nitrogens with one attached hydrogen (secondary N) is 1. The number of benzene rings is 2. The fourth-order valence-electron chi connectivity index (χ4n) is 3.54. The molecule has 9 heteroatoms. The van der Waals surface area contributed by atoms with Gasteiger partial charge in [0.25, 0.3) is 5.91 Å². The Morgan fingerprint density at radius 1 is 1.23 bits per heavy atom. The molecule has 162 valence electrons. The van der Waals surface area contributed by atoms with Crippen molar-refractivity contribution < 1.29 is 17.9 Å². The van der Waals surface area contributed by atoms with Crippen LogP contribution in [-0.2, 0) is 14.6 Å². The van der Waals surface area contributed by atoms with Crippen LogP contribution < -0.4 is 10.1 Å². The molecule has 31 heavy (non-hydrogen) atoms. The van der Waals surface area contributed by atoms with Crippen molar-refractivity contribution in [1.29, 1.82) is 0 Å². The Bertz CT molecular complexity index is 1210. The summed E-state index contributed by atoms with van der Waals surface area (Å²) in [5.41, 5.74) is 2.37. The van der Waals surface area contributed by atoms with Crippen molar-refractivity contribution in [3.05, 3.63) is 65.2 Å². The maximum Gasteiger partial charge on any atom is 0.263 e. The van der Waals surface area contributed by atoms with Crippen LogP contribution in [0.1, 0.15) is 18.0 Å². The highest BCUT2D eigenvalue weighted by atomic mass is 35.5. The minimum atomic E-state index is -3.12. The molecule has 3 aromatic rings. The summed E-state index contributed by atoms with van der Waals surface area (Å²) in [5.74, 6) is 0.822. The Labute approximate surface area is 185 Å². The topological polar surface area (TPSA) is 90.3 Å². The molecule has 0 radical (unpaired) electrons. The zero-order valence-electron chi connectivity index (χ0n) is 16.9. The second-order valence-corrected chi connectivity index (χ2v) is 10.2. The molecule has 1 aromatic heterocycles. The first-order chi connectivity index (χ1) is 14.8. The van der Waals surface area contributed by atoms with E-state index in [0.29, 0.717) is 28.7 Å². The van der Waals surface area contributed by atoms with Crippen LogP contribution in [0.15, 0.2) is 54.6 Å². The Morgan fingerprint density at radius 3 is 2.65 bits per heavy atom. The molecule has 1 amide bonds.